The molecule has 21 heavy (non-hydrogen) atoms. The summed E-state index contributed by atoms with van der Waals surface area (Å²) in [4.78, 5) is 20.9. The zero-order valence-electron chi connectivity index (χ0n) is 12.0. The second kappa shape index (κ2) is 8.21. The molecule has 0 aliphatic rings. The molecular weight excluding hydrogens is 303 g/mol. The summed E-state index contributed by atoms with van der Waals surface area (Å²) in [6.45, 7) is 5.24. The molecule has 0 aromatic carbocycles. The fourth-order valence-electron chi connectivity index (χ4n) is 1.69. The van der Waals surface area contributed by atoms with E-state index in [1.165, 1.54) is 0 Å². The zero-order chi connectivity index (χ0) is 15.9. The number of aromatic nitrogens is 2. The Hall–Kier alpha value is -1.31. The average Bonchev–Trinajstić information content (AvgIpc) is 2.44. The van der Waals surface area contributed by atoms with Crippen LogP contribution in [0.25, 0.3) is 0 Å². The van der Waals surface area contributed by atoms with Crippen molar-refractivity contribution in [3.05, 3.63) is 18.0 Å². The summed E-state index contributed by atoms with van der Waals surface area (Å²) >= 11 is 0.925. The first-order valence-corrected chi connectivity index (χ1v) is 7.67. The van der Waals surface area contributed by atoms with Crippen LogP contribution in [0.3, 0.4) is 0 Å². The van der Waals surface area contributed by atoms with Crippen molar-refractivity contribution >= 4 is 17.7 Å². The Kier molecular flexibility index (Phi) is 6.94. The van der Waals surface area contributed by atoms with E-state index in [-0.39, 0.29) is 16.8 Å². The third-order valence-corrected chi connectivity index (χ3v) is 3.43. The van der Waals surface area contributed by atoms with Crippen LogP contribution < -0.4 is 0 Å². The summed E-state index contributed by atoms with van der Waals surface area (Å²) in [5.74, 6) is -0.0638. The Morgan fingerprint density at radius 3 is 2.43 bits per heavy atom. The monoisotopic (exact) mass is 321 g/mol. The van der Waals surface area contributed by atoms with E-state index < -0.39 is 11.9 Å². The third-order valence-electron chi connectivity index (χ3n) is 2.59. The molecule has 1 heterocycles. The van der Waals surface area contributed by atoms with Gasteiger partial charge in [-0.2, -0.15) is 13.2 Å². The molecule has 0 unspecified atom stereocenters. The van der Waals surface area contributed by atoms with Crippen LogP contribution >= 0.6 is 11.8 Å². The minimum Gasteiger partial charge on any atom is -0.342 e. The van der Waals surface area contributed by atoms with Crippen molar-refractivity contribution in [3.8, 4) is 0 Å². The van der Waals surface area contributed by atoms with Crippen LogP contribution in [0.1, 0.15) is 32.4 Å². The van der Waals surface area contributed by atoms with Crippen molar-refractivity contribution in [2.24, 2.45) is 0 Å². The summed E-state index contributed by atoms with van der Waals surface area (Å²) in [6, 6.07) is 0.812. The molecule has 0 spiro atoms. The van der Waals surface area contributed by atoms with Gasteiger partial charge in [0, 0.05) is 19.3 Å². The molecule has 0 bridgehead atoms. The fourth-order valence-corrected chi connectivity index (χ4v) is 2.42. The van der Waals surface area contributed by atoms with Crippen LogP contribution in [-0.2, 0) is 11.0 Å². The van der Waals surface area contributed by atoms with Gasteiger partial charge in [-0.25, -0.2) is 9.97 Å². The number of carbonyl (C=O) groups excluding carboxylic acids is 1. The van der Waals surface area contributed by atoms with Gasteiger partial charge in [0.1, 0.15) is 5.69 Å². The first kappa shape index (κ1) is 17.7. The van der Waals surface area contributed by atoms with Crippen LogP contribution in [0.4, 0.5) is 13.2 Å². The van der Waals surface area contributed by atoms with Crippen molar-refractivity contribution in [2.45, 2.75) is 38.0 Å². The first-order chi connectivity index (χ1) is 9.88. The van der Waals surface area contributed by atoms with Gasteiger partial charge in [0.25, 0.3) is 0 Å². The molecule has 0 N–H and O–H groups in total. The highest BCUT2D eigenvalue weighted by Gasteiger charge is 2.32. The van der Waals surface area contributed by atoms with Crippen molar-refractivity contribution in [2.75, 3.05) is 18.8 Å². The molecule has 1 aromatic rings. The van der Waals surface area contributed by atoms with Crippen LogP contribution in [0.2, 0.25) is 0 Å². The number of carbonyl (C=O) groups is 1. The van der Waals surface area contributed by atoms with E-state index in [9.17, 15) is 18.0 Å². The SMILES string of the molecule is CCCN(CCC)C(=O)CSc1nccc(C(F)(F)F)n1. The first-order valence-electron chi connectivity index (χ1n) is 6.69. The van der Waals surface area contributed by atoms with Crippen LogP contribution in [0, 0.1) is 0 Å². The fraction of sp³-hybridized carbons (Fsp3) is 0.615. The lowest BCUT2D eigenvalue weighted by molar-refractivity contribution is -0.141. The number of alkyl halides is 3. The number of rotatable bonds is 7. The molecule has 1 aromatic heterocycles. The van der Waals surface area contributed by atoms with E-state index in [4.69, 9.17) is 0 Å². The molecule has 8 heteroatoms. The molecule has 1 amide bonds. The minimum atomic E-state index is -4.50. The number of halogens is 3. The van der Waals surface area contributed by atoms with Crippen LogP contribution in [-0.4, -0.2) is 39.6 Å². The lowest BCUT2D eigenvalue weighted by Gasteiger charge is -2.21. The maximum absolute atomic E-state index is 12.5. The van der Waals surface area contributed by atoms with Gasteiger partial charge >= 0.3 is 6.18 Å². The van der Waals surface area contributed by atoms with Crippen molar-refractivity contribution < 1.29 is 18.0 Å². The Bertz CT molecular complexity index is 462. The minimum absolute atomic E-state index is 0.0360. The molecule has 0 radical (unpaired) electrons. The summed E-state index contributed by atoms with van der Waals surface area (Å²) in [7, 11) is 0. The van der Waals surface area contributed by atoms with Crippen molar-refractivity contribution in [1.29, 1.82) is 0 Å². The molecule has 0 saturated carbocycles. The van der Waals surface area contributed by atoms with Gasteiger partial charge in [0.05, 0.1) is 5.75 Å². The molecule has 4 nitrogen and oxygen atoms in total. The predicted molar refractivity (Wildman–Crippen MR) is 74.9 cm³/mol. The topological polar surface area (TPSA) is 46.1 Å². The van der Waals surface area contributed by atoms with E-state index >= 15 is 0 Å². The Labute approximate surface area is 126 Å². The molecule has 0 aliphatic carbocycles. The third kappa shape index (κ3) is 5.91. The lowest BCUT2D eigenvalue weighted by Crippen LogP contribution is -2.33. The van der Waals surface area contributed by atoms with Crippen LogP contribution in [0.5, 0.6) is 0 Å². The number of hydrogen-bond donors (Lipinski definition) is 0. The Morgan fingerprint density at radius 1 is 1.29 bits per heavy atom. The van der Waals surface area contributed by atoms with Gasteiger partial charge in [0.2, 0.25) is 5.91 Å². The highest BCUT2D eigenvalue weighted by atomic mass is 32.2. The van der Waals surface area contributed by atoms with E-state index in [0.717, 1.165) is 36.9 Å². The summed E-state index contributed by atoms with van der Waals surface area (Å²) in [6.07, 6.45) is -1.76. The molecule has 118 valence electrons. The second-order valence-corrected chi connectivity index (χ2v) is 5.33. The summed E-state index contributed by atoms with van der Waals surface area (Å²) in [5.41, 5.74) is -0.994. The number of nitrogens with zero attached hydrogens (tertiary/aromatic N) is 3. The van der Waals surface area contributed by atoms with E-state index in [1.807, 2.05) is 13.8 Å². The van der Waals surface area contributed by atoms with Crippen LogP contribution in [0.15, 0.2) is 17.4 Å². The normalized spacial score (nSPS) is 11.5. The van der Waals surface area contributed by atoms with Gasteiger partial charge in [-0.05, 0) is 18.9 Å². The molecular formula is C13H18F3N3OS. The smallest absolute Gasteiger partial charge is 0.342 e. The average molecular weight is 321 g/mol. The summed E-state index contributed by atoms with van der Waals surface area (Å²) < 4.78 is 37.6. The maximum atomic E-state index is 12.5. The van der Waals surface area contributed by atoms with E-state index in [1.54, 1.807) is 4.90 Å². The number of hydrogen-bond acceptors (Lipinski definition) is 4. The van der Waals surface area contributed by atoms with Gasteiger partial charge in [-0.15, -0.1) is 0 Å². The predicted octanol–water partition coefficient (Wildman–Crippen LogP) is 3.24. The van der Waals surface area contributed by atoms with Gasteiger partial charge < -0.3 is 4.90 Å². The van der Waals surface area contributed by atoms with Gasteiger partial charge in [0.15, 0.2) is 5.16 Å². The summed E-state index contributed by atoms with van der Waals surface area (Å²) in [5, 5.41) is -0.0360. The molecule has 0 saturated heterocycles. The Balaban J connectivity index is 2.64. The number of amides is 1. The van der Waals surface area contributed by atoms with Crippen molar-refractivity contribution in [1.82, 2.24) is 14.9 Å². The highest BCUT2D eigenvalue weighted by Crippen LogP contribution is 2.28. The number of thioether (sulfide) groups is 1. The maximum Gasteiger partial charge on any atom is 0.433 e. The zero-order valence-corrected chi connectivity index (χ0v) is 12.8. The standard InChI is InChI=1S/C13H18F3N3OS/c1-3-7-19(8-4-2)11(20)9-21-12-17-6-5-10(18-12)13(14,15)16/h5-6H,3-4,7-9H2,1-2H3. The highest BCUT2D eigenvalue weighted by molar-refractivity contribution is 7.99. The quantitative estimate of drug-likeness (QED) is 0.571. The largest absolute Gasteiger partial charge is 0.433 e. The molecule has 1 rings (SSSR count). The Morgan fingerprint density at radius 2 is 1.90 bits per heavy atom. The van der Waals surface area contributed by atoms with Crippen molar-refractivity contribution in [3.63, 3.8) is 0 Å². The van der Waals surface area contributed by atoms with E-state index in [2.05, 4.69) is 9.97 Å². The van der Waals surface area contributed by atoms with Gasteiger partial charge in [-0.3, -0.25) is 4.79 Å². The second-order valence-electron chi connectivity index (χ2n) is 4.39. The molecule has 0 fully saturated rings. The van der Waals surface area contributed by atoms with E-state index in [0.29, 0.717) is 13.1 Å². The molecule has 0 atom stereocenters. The lowest BCUT2D eigenvalue weighted by atomic mass is 10.3. The van der Waals surface area contributed by atoms with Gasteiger partial charge in [-0.1, -0.05) is 25.6 Å². The molecule has 0 aliphatic heterocycles.